The molecule has 0 aliphatic heterocycles. The van der Waals surface area contributed by atoms with Gasteiger partial charge in [0.1, 0.15) is 0 Å². The molecule has 0 aromatic heterocycles. The van der Waals surface area contributed by atoms with E-state index >= 15 is 0 Å². The summed E-state index contributed by atoms with van der Waals surface area (Å²) >= 11 is 0. The first-order chi connectivity index (χ1) is 19.1. The number of carbonyl (C=O) groups excluding carboxylic acids is 1. The number of carbonyl (C=O) groups is 1. The summed E-state index contributed by atoms with van der Waals surface area (Å²) in [5.74, 6) is -0.378. The summed E-state index contributed by atoms with van der Waals surface area (Å²) in [6, 6.07) is 31.5. The van der Waals surface area contributed by atoms with Crippen molar-refractivity contribution < 1.29 is 9.53 Å². The third-order valence-electron chi connectivity index (χ3n) is 8.51. The maximum absolute atomic E-state index is 11.5. The number of ether oxygens (including phenoxy) is 1. The molecule has 0 radical (unpaired) electrons. The molecule has 5 aromatic carbocycles. The van der Waals surface area contributed by atoms with Crippen LogP contribution >= 0.6 is 0 Å². The molecule has 1 aliphatic carbocycles. The minimum absolute atomic E-state index is 0.0149. The van der Waals surface area contributed by atoms with Gasteiger partial charge < -0.3 is 4.74 Å². The summed E-state index contributed by atoms with van der Waals surface area (Å²) < 4.78 is 5.24. The zero-order valence-corrected chi connectivity index (χ0v) is 24.1. The van der Waals surface area contributed by atoms with E-state index < -0.39 is 0 Å². The fourth-order valence-corrected chi connectivity index (χ4v) is 6.67. The lowest BCUT2D eigenvalue weighted by Crippen LogP contribution is -2.15. The highest BCUT2D eigenvalue weighted by Gasteiger charge is 2.36. The van der Waals surface area contributed by atoms with Crippen molar-refractivity contribution in [2.24, 2.45) is 0 Å². The van der Waals surface area contributed by atoms with E-state index in [4.69, 9.17) is 4.74 Å². The van der Waals surface area contributed by atoms with Gasteiger partial charge in [-0.3, -0.25) is 0 Å². The Morgan fingerprint density at radius 3 is 1.93 bits per heavy atom. The Kier molecular flexibility index (Phi) is 6.18. The minimum atomic E-state index is -0.378. The zero-order valence-electron chi connectivity index (χ0n) is 24.1. The van der Waals surface area contributed by atoms with Crippen LogP contribution in [0.2, 0.25) is 0 Å². The molecule has 0 amide bonds. The van der Waals surface area contributed by atoms with Crippen LogP contribution in [0.25, 0.3) is 43.8 Å². The predicted molar refractivity (Wildman–Crippen MR) is 168 cm³/mol. The Hall–Kier alpha value is -4.17. The van der Waals surface area contributed by atoms with Crippen LogP contribution in [0.3, 0.4) is 0 Å². The number of rotatable bonds is 5. The monoisotopic (exact) mass is 524 g/mol. The highest BCUT2D eigenvalue weighted by molar-refractivity contribution is 6.15. The lowest BCUT2D eigenvalue weighted by atomic mass is 9.77. The van der Waals surface area contributed by atoms with Crippen LogP contribution in [0.1, 0.15) is 56.9 Å². The second kappa shape index (κ2) is 9.48. The van der Waals surface area contributed by atoms with Gasteiger partial charge in [-0.05, 0) is 77.5 Å². The van der Waals surface area contributed by atoms with E-state index in [0.29, 0.717) is 13.0 Å². The van der Waals surface area contributed by atoms with Crippen molar-refractivity contribution >= 4 is 27.5 Å². The molecule has 6 rings (SSSR count). The van der Waals surface area contributed by atoms with Crippen LogP contribution in [0.15, 0.2) is 97.6 Å². The van der Waals surface area contributed by atoms with Crippen LogP contribution < -0.4 is 0 Å². The van der Waals surface area contributed by atoms with Gasteiger partial charge in [0.25, 0.3) is 0 Å². The molecule has 0 atom stereocenters. The van der Waals surface area contributed by atoms with Gasteiger partial charge >= 0.3 is 5.97 Å². The lowest BCUT2D eigenvalue weighted by Gasteiger charge is -2.27. The number of hydrogen-bond donors (Lipinski definition) is 0. The molecule has 0 spiro atoms. The Morgan fingerprint density at radius 2 is 1.35 bits per heavy atom. The molecule has 5 aromatic rings. The molecule has 1 aliphatic rings. The molecular formula is C38H36O2. The molecule has 0 unspecified atom stereocenters. The van der Waals surface area contributed by atoms with Crippen molar-refractivity contribution in [2.45, 2.75) is 51.9 Å². The van der Waals surface area contributed by atoms with E-state index in [0.717, 1.165) is 0 Å². The minimum Gasteiger partial charge on any atom is -0.462 e. The van der Waals surface area contributed by atoms with Crippen molar-refractivity contribution in [2.75, 3.05) is 6.61 Å². The topological polar surface area (TPSA) is 26.3 Å². The molecule has 0 fully saturated rings. The quantitative estimate of drug-likeness (QED) is 0.130. The fraction of sp³-hybridized carbons (Fsp3) is 0.237. The van der Waals surface area contributed by atoms with Crippen LogP contribution in [0.4, 0.5) is 0 Å². The standard InChI is InChI=1S/C38H36O2/c1-7-34(39)40-21-20-24-16-18-26-27-19-17-25(23-33(27)38(5,6)32(26)22-24)35-28-12-8-10-14-30(28)36(37(2,3)4)31-15-11-9-13-29(31)35/h7-19,22-23H,1,20-21H2,2-6H3. The van der Waals surface area contributed by atoms with Gasteiger partial charge in [0.2, 0.25) is 0 Å². The average molecular weight is 525 g/mol. The van der Waals surface area contributed by atoms with E-state index in [1.165, 1.54) is 72.1 Å². The largest absolute Gasteiger partial charge is 0.462 e. The van der Waals surface area contributed by atoms with Gasteiger partial charge in [0.05, 0.1) is 6.61 Å². The van der Waals surface area contributed by atoms with Crippen molar-refractivity contribution in [1.82, 2.24) is 0 Å². The molecule has 0 saturated heterocycles. The molecule has 0 heterocycles. The second-order valence-corrected chi connectivity index (χ2v) is 12.5. The Balaban J connectivity index is 1.50. The molecule has 2 nitrogen and oxygen atoms in total. The van der Waals surface area contributed by atoms with Gasteiger partial charge in [0.15, 0.2) is 0 Å². The number of esters is 1. The molecule has 0 bridgehead atoms. The predicted octanol–water partition coefficient (Wildman–Crippen LogP) is 9.54. The first-order valence-electron chi connectivity index (χ1n) is 14.1. The molecule has 2 heteroatoms. The molecule has 200 valence electrons. The summed E-state index contributed by atoms with van der Waals surface area (Å²) in [7, 11) is 0. The Bertz CT molecular complexity index is 1760. The summed E-state index contributed by atoms with van der Waals surface area (Å²) in [5, 5.41) is 5.26. The second-order valence-electron chi connectivity index (χ2n) is 12.5. The van der Waals surface area contributed by atoms with Crippen LogP contribution in [0.5, 0.6) is 0 Å². The van der Waals surface area contributed by atoms with E-state index in [2.05, 4.69) is 126 Å². The van der Waals surface area contributed by atoms with E-state index in [1.807, 2.05) is 0 Å². The highest BCUT2D eigenvalue weighted by Crippen LogP contribution is 2.51. The maximum Gasteiger partial charge on any atom is 0.330 e. The summed E-state index contributed by atoms with van der Waals surface area (Å²) in [6.07, 6.45) is 1.89. The average Bonchev–Trinajstić information content (AvgIpc) is 3.16. The van der Waals surface area contributed by atoms with Gasteiger partial charge in [0, 0.05) is 17.9 Å². The van der Waals surface area contributed by atoms with E-state index in [-0.39, 0.29) is 16.8 Å². The van der Waals surface area contributed by atoms with E-state index in [1.54, 1.807) is 0 Å². The van der Waals surface area contributed by atoms with Crippen LogP contribution in [-0.4, -0.2) is 12.6 Å². The summed E-state index contributed by atoms with van der Waals surface area (Å²) in [4.78, 5) is 11.5. The molecular weight excluding hydrogens is 488 g/mol. The normalized spacial score (nSPS) is 13.7. The smallest absolute Gasteiger partial charge is 0.330 e. The highest BCUT2D eigenvalue weighted by atomic mass is 16.5. The fourth-order valence-electron chi connectivity index (χ4n) is 6.67. The molecule has 0 saturated carbocycles. The zero-order chi connectivity index (χ0) is 28.2. The third kappa shape index (κ3) is 4.14. The maximum atomic E-state index is 11.5. The number of fused-ring (bicyclic) bond motifs is 5. The number of hydrogen-bond acceptors (Lipinski definition) is 2. The Morgan fingerprint density at radius 1 is 0.800 bits per heavy atom. The van der Waals surface area contributed by atoms with Gasteiger partial charge in [-0.2, -0.15) is 0 Å². The van der Waals surface area contributed by atoms with Crippen molar-refractivity contribution in [3.63, 3.8) is 0 Å². The van der Waals surface area contributed by atoms with Crippen LogP contribution in [-0.2, 0) is 26.8 Å². The third-order valence-corrected chi connectivity index (χ3v) is 8.51. The SMILES string of the molecule is C=CC(=O)OCCc1ccc2c(c1)C(C)(C)c1cc(-c3c4ccccc4c(C(C)(C)C)c4ccccc34)ccc1-2. The lowest BCUT2D eigenvalue weighted by molar-refractivity contribution is -0.137. The van der Waals surface area contributed by atoms with Gasteiger partial charge in [-0.25, -0.2) is 4.79 Å². The van der Waals surface area contributed by atoms with Crippen molar-refractivity contribution in [1.29, 1.82) is 0 Å². The van der Waals surface area contributed by atoms with E-state index in [9.17, 15) is 4.79 Å². The van der Waals surface area contributed by atoms with Gasteiger partial charge in [-0.1, -0.05) is 120 Å². The summed E-state index contributed by atoms with van der Waals surface area (Å²) in [6.45, 7) is 15.4. The van der Waals surface area contributed by atoms with Crippen molar-refractivity contribution in [3.05, 3.63) is 120 Å². The Labute approximate surface area is 237 Å². The summed E-state index contributed by atoms with van der Waals surface area (Å²) in [5.41, 5.74) is 10.3. The molecule has 40 heavy (non-hydrogen) atoms. The first-order valence-corrected chi connectivity index (χ1v) is 14.1. The van der Waals surface area contributed by atoms with Gasteiger partial charge in [-0.15, -0.1) is 0 Å². The van der Waals surface area contributed by atoms with Crippen molar-refractivity contribution in [3.8, 4) is 22.3 Å². The first kappa shape index (κ1) is 26.1. The van der Waals surface area contributed by atoms with Crippen LogP contribution in [0, 0.1) is 0 Å². The molecule has 0 N–H and O–H groups in total. The number of benzene rings is 5.